The monoisotopic (exact) mass is 516 g/mol. The largest absolute Gasteiger partial charge is 0.452 e. The van der Waals surface area contributed by atoms with Crippen LogP contribution in [-0.4, -0.2) is 9.55 Å². The molecule has 0 unspecified atom stereocenters. The average Bonchev–Trinajstić information content (AvgIpc) is 3.67. The molecule has 0 spiro atoms. The van der Waals surface area contributed by atoms with E-state index in [0.29, 0.717) is 0 Å². The maximum atomic E-state index is 6.77. The number of rotatable bonds is 2. The highest BCUT2D eigenvalue weighted by atomic mass is 32.1. The van der Waals surface area contributed by atoms with Crippen LogP contribution in [0.3, 0.4) is 0 Å². The third-order valence-electron chi connectivity index (χ3n) is 7.81. The van der Waals surface area contributed by atoms with E-state index in [4.69, 9.17) is 9.40 Å². The molecule has 0 bridgehead atoms. The predicted octanol–water partition coefficient (Wildman–Crippen LogP) is 10.1. The van der Waals surface area contributed by atoms with Gasteiger partial charge >= 0.3 is 0 Å². The number of nitrogens with zero attached hydrogens (tertiary/aromatic N) is 2. The number of thiophene rings is 1. The summed E-state index contributed by atoms with van der Waals surface area (Å²) in [5, 5.41) is 5.98. The molecule has 0 amide bonds. The molecule has 4 heterocycles. The second kappa shape index (κ2) is 7.79. The Morgan fingerprint density at radius 1 is 0.564 bits per heavy atom. The number of pyridine rings is 1. The Labute approximate surface area is 227 Å². The average molecular weight is 517 g/mol. The SMILES string of the molecule is c1ccc(-c2cc(-n3c4ccccc4c4ccccc43)nc3c2oc2c3ccc3c4ccccc4sc32)cc1. The molecule has 0 N–H and O–H groups in total. The zero-order valence-corrected chi connectivity index (χ0v) is 21.6. The quantitative estimate of drug-likeness (QED) is 0.229. The van der Waals surface area contributed by atoms with Crippen molar-refractivity contribution >= 4 is 75.4 Å². The molecule has 0 aliphatic carbocycles. The molecule has 3 nitrogen and oxygen atoms in total. The van der Waals surface area contributed by atoms with E-state index in [-0.39, 0.29) is 0 Å². The van der Waals surface area contributed by atoms with Crippen molar-refractivity contribution < 1.29 is 4.42 Å². The lowest BCUT2D eigenvalue weighted by Crippen LogP contribution is -1.98. The zero-order chi connectivity index (χ0) is 25.5. The summed E-state index contributed by atoms with van der Waals surface area (Å²) in [6.07, 6.45) is 0. The van der Waals surface area contributed by atoms with E-state index in [1.54, 1.807) is 11.3 Å². The summed E-state index contributed by atoms with van der Waals surface area (Å²) >= 11 is 1.79. The fourth-order valence-electron chi connectivity index (χ4n) is 6.08. The Morgan fingerprint density at radius 2 is 1.21 bits per heavy atom. The lowest BCUT2D eigenvalue weighted by molar-refractivity contribution is 0.673. The van der Waals surface area contributed by atoms with Crippen LogP contribution in [0.5, 0.6) is 0 Å². The number of hydrogen-bond donors (Lipinski definition) is 0. The number of benzene rings is 5. The van der Waals surface area contributed by atoms with Crippen molar-refractivity contribution in [1.82, 2.24) is 9.55 Å². The summed E-state index contributed by atoms with van der Waals surface area (Å²) in [4.78, 5) is 5.33. The first kappa shape index (κ1) is 21.1. The second-order valence-corrected chi connectivity index (χ2v) is 11.0. The van der Waals surface area contributed by atoms with Gasteiger partial charge in [0.25, 0.3) is 0 Å². The molecule has 0 aliphatic heterocycles. The lowest BCUT2D eigenvalue weighted by atomic mass is 10.0. The van der Waals surface area contributed by atoms with Crippen molar-refractivity contribution in [3.05, 3.63) is 121 Å². The van der Waals surface area contributed by atoms with Gasteiger partial charge in [0.2, 0.25) is 0 Å². The van der Waals surface area contributed by atoms with Gasteiger partial charge in [-0.05, 0) is 35.9 Å². The van der Waals surface area contributed by atoms with Crippen LogP contribution in [-0.2, 0) is 0 Å². The Kier molecular flexibility index (Phi) is 4.21. The highest BCUT2D eigenvalue weighted by Gasteiger charge is 2.21. The van der Waals surface area contributed by atoms with Crippen molar-refractivity contribution in [2.45, 2.75) is 0 Å². The van der Waals surface area contributed by atoms with Crippen LogP contribution >= 0.6 is 11.3 Å². The summed E-state index contributed by atoms with van der Waals surface area (Å²) in [6.45, 7) is 0. The van der Waals surface area contributed by atoms with Gasteiger partial charge in [-0.1, -0.05) is 91.0 Å². The summed E-state index contributed by atoms with van der Waals surface area (Å²) in [5.41, 5.74) is 7.07. The smallest absolute Gasteiger partial charge is 0.161 e. The van der Waals surface area contributed by atoms with E-state index in [1.807, 2.05) is 0 Å². The van der Waals surface area contributed by atoms with Crippen LogP contribution < -0.4 is 0 Å². The molecular weight excluding hydrogens is 496 g/mol. The first-order valence-corrected chi connectivity index (χ1v) is 13.9. The fraction of sp³-hybridized carbons (Fsp3) is 0. The van der Waals surface area contributed by atoms with E-state index in [0.717, 1.165) is 50.0 Å². The Balaban J connectivity index is 1.45. The van der Waals surface area contributed by atoms with E-state index in [1.165, 1.54) is 30.9 Å². The van der Waals surface area contributed by atoms with Gasteiger partial charge in [0, 0.05) is 37.2 Å². The van der Waals surface area contributed by atoms with Crippen LogP contribution in [0.2, 0.25) is 0 Å². The standard InChI is InChI=1S/C35H20N2OS/c1-2-10-21(11-3-1)27-20-31(37-28-15-7-4-12-22(28)23-13-5-8-16-29(23)37)36-32-26-19-18-25-24-14-6-9-17-30(24)39-35(25)34(26)38-33(27)32/h1-20H. The summed E-state index contributed by atoms with van der Waals surface area (Å²) in [5.74, 6) is 0.887. The molecule has 182 valence electrons. The lowest BCUT2D eigenvalue weighted by Gasteiger charge is -2.10. The van der Waals surface area contributed by atoms with E-state index in [2.05, 4.69) is 126 Å². The third-order valence-corrected chi connectivity index (χ3v) is 9.00. The second-order valence-electron chi connectivity index (χ2n) is 9.96. The van der Waals surface area contributed by atoms with Crippen LogP contribution in [0.15, 0.2) is 126 Å². The predicted molar refractivity (Wildman–Crippen MR) is 164 cm³/mol. The van der Waals surface area contributed by atoms with Crippen molar-refractivity contribution in [1.29, 1.82) is 0 Å². The zero-order valence-electron chi connectivity index (χ0n) is 20.8. The summed E-state index contributed by atoms with van der Waals surface area (Å²) < 4.78 is 11.5. The minimum atomic E-state index is 0.825. The van der Waals surface area contributed by atoms with Crippen molar-refractivity contribution in [2.75, 3.05) is 0 Å². The molecule has 0 aliphatic rings. The molecule has 4 heteroatoms. The highest BCUT2D eigenvalue weighted by molar-refractivity contribution is 7.26. The van der Waals surface area contributed by atoms with Gasteiger partial charge in [-0.25, -0.2) is 4.98 Å². The van der Waals surface area contributed by atoms with Gasteiger partial charge in [0.15, 0.2) is 11.2 Å². The number of fused-ring (bicyclic) bond motifs is 10. The van der Waals surface area contributed by atoms with Gasteiger partial charge in [-0.2, -0.15) is 0 Å². The third kappa shape index (κ3) is 2.89. The Bertz CT molecular complexity index is 2340. The molecule has 5 aromatic carbocycles. The van der Waals surface area contributed by atoms with Gasteiger partial charge in [-0.3, -0.25) is 4.57 Å². The van der Waals surface area contributed by atoms with Gasteiger partial charge < -0.3 is 4.42 Å². The van der Waals surface area contributed by atoms with Crippen LogP contribution in [0.25, 0.3) is 81.0 Å². The molecule has 0 fully saturated rings. The van der Waals surface area contributed by atoms with Gasteiger partial charge in [0.1, 0.15) is 11.3 Å². The maximum Gasteiger partial charge on any atom is 0.161 e. The van der Waals surface area contributed by atoms with E-state index < -0.39 is 0 Å². The topological polar surface area (TPSA) is 31.0 Å². The first-order valence-electron chi connectivity index (χ1n) is 13.1. The van der Waals surface area contributed by atoms with Gasteiger partial charge in [0.05, 0.1) is 15.7 Å². The van der Waals surface area contributed by atoms with Crippen molar-refractivity contribution in [3.63, 3.8) is 0 Å². The summed E-state index contributed by atoms with van der Waals surface area (Å²) in [6, 6.07) is 42.8. The van der Waals surface area contributed by atoms with Crippen LogP contribution in [0.1, 0.15) is 0 Å². The fourth-order valence-corrected chi connectivity index (χ4v) is 7.26. The van der Waals surface area contributed by atoms with Crippen LogP contribution in [0, 0.1) is 0 Å². The number of hydrogen-bond acceptors (Lipinski definition) is 3. The Morgan fingerprint density at radius 3 is 1.97 bits per heavy atom. The van der Waals surface area contributed by atoms with Gasteiger partial charge in [-0.15, -0.1) is 11.3 Å². The van der Waals surface area contributed by atoms with E-state index >= 15 is 0 Å². The first-order chi connectivity index (χ1) is 19.3. The molecule has 0 saturated carbocycles. The Hall–Kier alpha value is -4.93. The number of para-hydroxylation sites is 2. The maximum absolute atomic E-state index is 6.77. The van der Waals surface area contributed by atoms with Crippen molar-refractivity contribution in [2.24, 2.45) is 0 Å². The minimum absolute atomic E-state index is 0.825. The molecular formula is C35H20N2OS. The molecule has 9 rings (SSSR count). The number of furan rings is 1. The molecule has 4 aromatic heterocycles. The molecule has 39 heavy (non-hydrogen) atoms. The normalized spacial score (nSPS) is 12.1. The number of aromatic nitrogens is 2. The highest BCUT2D eigenvalue weighted by Crippen LogP contribution is 2.44. The molecule has 0 radical (unpaired) electrons. The minimum Gasteiger partial charge on any atom is -0.452 e. The molecule has 0 saturated heterocycles. The van der Waals surface area contributed by atoms with Crippen LogP contribution in [0.4, 0.5) is 0 Å². The summed E-state index contributed by atoms with van der Waals surface area (Å²) in [7, 11) is 0. The van der Waals surface area contributed by atoms with E-state index in [9.17, 15) is 0 Å². The molecule has 0 atom stereocenters. The van der Waals surface area contributed by atoms with Crippen molar-refractivity contribution in [3.8, 4) is 16.9 Å². The molecule has 9 aromatic rings.